The number of amides is 1. The topological polar surface area (TPSA) is 90.4 Å². The number of hydrogen-bond acceptors (Lipinski definition) is 5. The standard InChI is InChI=1S/C26H23ClN4O2/c1-25(2)12-20-22(21(32)13-25)26(17-6-4-5-7-19(17)30(3)24(26)33)18(14-28)23(29)31(20)16-10-8-15(27)9-11-16/h4-11H,12-13,29H2,1-3H3/t26-/m0/s1. The lowest BCUT2D eigenvalue weighted by molar-refractivity contribution is -0.124. The molecule has 7 heteroatoms. The molecular weight excluding hydrogens is 436 g/mol. The van der Waals surface area contributed by atoms with Crippen molar-refractivity contribution < 1.29 is 9.59 Å². The number of fused-ring (bicyclic) bond motifs is 3. The summed E-state index contributed by atoms with van der Waals surface area (Å²) in [5, 5.41) is 10.9. The molecule has 2 aromatic carbocycles. The van der Waals surface area contributed by atoms with Gasteiger partial charge in [0.25, 0.3) is 0 Å². The summed E-state index contributed by atoms with van der Waals surface area (Å²) < 4.78 is 0. The summed E-state index contributed by atoms with van der Waals surface area (Å²) in [6.07, 6.45) is 0.802. The number of para-hydroxylation sites is 1. The van der Waals surface area contributed by atoms with E-state index in [0.29, 0.717) is 39.7 Å². The Bertz CT molecular complexity index is 1330. The van der Waals surface area contributed by atoms with E-state index < -0.39 is 5.41 Å². The zero-order chi connectivity index (χ0) is 23.7. The molecule has 0 saturated carbocycles. The number of ketones is 1. The van der Waals surface area contributed by atoms with Crippen LogP contribution in [0.3, 0.4) is 0 Å². The van der Waals surface area contributed by atoms with Crippen molar-refractivity contribution in [2.45, 2.75) is 32.1 Å². The van der Waals surface area contributed by atoms with Gasteiger partial charge in [0.1, 0.15) is 17.3 Å². The molecule has 2 aromatic rings. The first-order valence-corrected chi connectivity index (χ1v) is 11.1. The Kier molecular flexibility index (Phi) is 4.50. The highest BCUT2D eigenvalue weighted by atomic mass is 35.5. The van der Waals surface area contributed by atoms with Gasteiger partial charge in [0, 0.05) is 46.7 Å². The van der Waals surface area contributed by atoms with Crippen molar-refractivity contribution >= 4 is 34.7 Å². The molecule has 5 rings (SSSR count). The molecule has 166 valence electrons. The summed E-state index contributed by atoms with van der Waals surface area (Å²) in [5.74, 6) is -0.319. The molecule has 1 spiro atoms. The highest BCUT2D eigenvalue weighted by Gasteiger charge is 2.62. The molecule has 0 radical (unpaired) electrons. The summed E-state index contributed by atoms with van der Waals surface area (Å²) in [5.41, 5.74) is 7.88. The first kappa shape index (κ1) is 21.3. The average Bonchev–Trinajstić information content (AvgIpc) is 2.97. The number of benzene rings is 2. The molecule has 1 aliphatic carbocycles. The molecule has 1 atom stereocenters. The Balaban J connectivity index is 1.91. The number of rotatable bonds is 1. The van der Waals surface area contributed by atoms with E-state index in [1.54, 1.807) is 36.2 Å². The Morgan fingerprint density at radius 3 is 2.39 bits per heavy atom. The summed E-state index contributed by atoms with van der Waals surface area (Å²) in [7, 11) is 1.67. The third-order valence-electron chi connectivity index (χ3n) is 6.86. The monoisotopic (exact) mass is 458 g/mol. The van der Waals surface area contributed by atoms with Gasteiger partial charge in [-0.2, -0.15) is 5.26 Å². The molecule has 0 fully saturated rings. The summed E-state index contributed by atoms with van der Waals surface area (Å²) in [4.78, 5) is 31.1. The minimum atomic E-state index is -1.55. The van der Waals surface area contributed by atoms with Crippen molar-refractivity contribution in [3.05, 3.63) is 81.8 Å². The second kappa shape index (κ2) is 6.97. The average molecular weight is 459 g/mol. The third-order valence-corrected chi connectivity index (χ3v) is 7.11. The minimum absolute atomic E-state index is 0.0751. The van der Waals surface area contributed by atoms with Gasteiger partial charge in [-0.25, -0.2) is 0 Å². The van der Waals surface area contributed by atoms with Crippen LogP contribution in [0.2, 0.25) is 5.02 Å². The fourth-order valence-corrected chi connectivity index (χ4v) is 5.67. The molecule has 33 heavy (non-hydrogen) atoms. The van der Waals surface area contributed by atoms with Gasteiger partial charge in [-0.3, -0.25) is 14.5 Å². The van der Waals surface area contributed by atoms with Crippen molar-refractivity contribution in [1.29, 1.82) is 5.26 Å². The van der Waals surface area contributed by atoms with Crippen molar-refractivity contribution in [1.82, 2.24) is 0 Å². The number of anilines is 2. The maximum Gasteiger partial charge on any atom is 0.247 e. The van der Waals surface area contributed by atoms with E-state index in [2.05, 4.69) is 6.07 Å². The lowest BCUT2D eigenvalue weighted by Gasteiger charge is -2.46. The summed E-state index contributed by atoms with van der Waals surface area (Å²) >= 11 is 6.11. The Hall–Kier alpha value is -3.56. The van der Waals surface area contributed by atoms with Crippen molar-refractivity contribution in [2.24, 2.45) is 11.1 Å². The summed E-state index contributed by atoms with van der Waals surface area (Å²) in [6.45, 7) is 4.05. The van der Waals surface area contributed by atoms with Crippen LogP contribution in [0, 0.1) is 16.7 Å². The van der Waals surface area contributed by atoms with Crippen molar-refractivity contribution in [3.63, 3.8) is 0 Å². The minimum Gasteiger partial charge on any atom is -0.384 e. The molecule has 3 aliphatic rings. The van der Waals surface area contributed by atoms with Crippen LogP contribution in [0.5, 0.6) is 0 Å². The van der Waals surface area contributed by atoms with Crippen LogP contribution in [-0.2, 0) is 15.0 Å². The van der Waals surface area contributed by atoms with Crippen LogP contribution in [-0.4, -0.2) is 18.7 Å². The first-order chi connectivity index (χ1) is 15.6. The van der Waals surface area contributed by atoms with E-state index in [4.69, 9.17) is 17.3 Å². The third kappa shape index (κ3) is 2.72. The normalized spacial score (nSPS) is 23.7. The van der Waals surface area contributed by atoms with Crippen LogP contribution in [0.25, 0.3) is 0 Å². The van der Waals surface area contributed by atoms with Crippen LogP contribution in [0.4, 0.5) is 11.4 Å². The highest BCUT2D eigenvalue weighted by Crippen LogP contribution is 2.58. The van der Waals surface area contributed by atoms with Gasteiger partial charge in [0.2, 0.25) is 5.91 Å². The van der Waals surface area contributed by atoms with Gasteiger partial charge in [0.15, 0.2) is 5.78 Å². The van der Waals surface area contributed by atoms with Gasteiger partial charge in [0.05, 0.1) is 5.57 Å². The number of halogens is 1. The fraction of sp³-hybridized carbons (Fsp3) is 0.269. The van der Waals surface area contributed by atoms with Crippen LogP contribution < -0.4 is 15.5 Å². The predicted octanol–water partition coefficient (Wildman–Crippen LogP) is 4.41. The van der Waals surface area contributed by atoms with Gasteiger partial charge in [-0.1, -0.05) is 43.6 Å². The van der Waals surface area contributed by atoms with E-state index in [-0.39, 0.29) is 34.9 Å². The lowest BCUT2D eigenvalue weighted by atomic mass is 9.60. The molecule has 2 N–H and O–H groups in total. The predicted molar refractivity (Wildman–Crippen MR) is 127 cm³/mol. The molecule has 2 aliphatic heterocycles. The molecule has 6 nitrogen and oxygen atoms in total. The zero-order valence-corrected chi connectivity index (χ0v) is 19.4. The molecule has 2 heterocycles. The van der Waals surface area contributed by atoms with E-state index in [1.165, 1.54) is 4.90 Å². The number of Topliss-reactive ketones (excluding diaryl/α,β-unsaturated/α-hetero) is 1. The lowest BCUT2D eigenvalue weighted by Crippen LogP contribution is -2.53. The van der Waals surface area contributed by atoms with E-state index in [1.807, 2.05) is 38.1 Å². The molecule has 0 unspecified atom stereocenters. The second-order valence-corrected chi connectivity index (χ2v) is 10.0. The molecule has 0 saturated heterocycles. The molecule has 1 amide bonds. The summed E-state index contributed by atoms with van der Waals surface area (Å²) in [6, 6.07) is 16.6. The van der Waals surface area contributed by atoms with Gasteiger partial charge in [-0.15, -0.1) is 0 Å². The SMILES string of the molecule is CN1C(=O)[C@]2(C(C#N)=C(N)N(c3ccc(Cl)cc3)C3=C2C(=O)CC(C)(C)C3)c2ccccc21. The zero-order valence-electron chi connectivity index (χ0n) is 18.6. The van der Waals surface area contributed by atoms with Crippen LogP contribution in [0.15, 0.2) is 71.2 Å². The number of carbonyl (C=O) groups is 2. The largest absolute Gasteiger partial charge is 0.384 e. The van der Waals surface area contributed by atoms with Gasteiger partial charge >= 0.3 is 0 Å². The highest BCUT2D eigenvalue weighted by molar-refractivity contribution is 6.30. The molecule has 0 bridgehead atoms. The number of likely N-dealkylation sites (N-methyl/N-ethyl adjacent to an activating group) is 1. The smallest absolute Gasteiger partial charge is 0.247 e. The maximum atomic E-state index is 14.0. The number of nitrogens with two attached hydrogens (primary N) is 1. The Labute approximate surface area is 197 Å². The van der Waals surface area contributed by atoms with Gasteiger partial charge < -0.3 is 10.6 Å². The van der Waals surface area contributed by atoms with Gasteiger partial charge in [-0.05, 0) is 42.2 Å². The number of nitriles is 1. The first-order valence-electron chi connectivity index (χ1n) is 10.7. The Morgan fingerprint density at radius 2 is 1.73 bits per heavy atom. The van der Waals surface area contributed by atoms with Crippen LogP contribution in [0.1, 0.15) is 32.3 Å². The maximum absolute atomic E-state index is 14.0. The Morgan fingerprint density at radius 1 is 1.06 bits per heavy atom. The van der Waals surface area contributed by atoms with Crippen molar-refractivity contribution in [3.8, 4) is 6.07 Å². The number of carbonyl (C=O) groups excluding carboxylic acids is 2. The molecule has 0 aromatic heterocycles. The van der Waals surface area contributed by atoms with E-state index >= 15 is 0 Å². The second-order valence-electron chi connectivity index (χ2n) is 9.58. The number of allylic oxidation sites excluding steroid dienone is 1. The van der Waals surface area contributed by atoms with E-state index in [9.17, 15) is 14.9 Å². The number of hydrogen-bond donors (Lipinski definition) is 1. The number of nitrogens with zero attached hydrogens (tertiary/aromatic N) is 3. The van der Waals surface area contributed by atoms with Crippen molar-refractivity contribution in [2.75, 3.05) is 16.8 Å². The quantitative estimate of drug-likeness (QED) is 0.683. The molecular formula is C26H23ClN4O2. The van der Waals surface area contributed by atoms with E-state index in [0.717, 1.165) is 0 Å². The fourth-order valence-electron chi connectivity index (χ4n) is 5.55. The van der Waals surface area contributed by atoms with Crippen LogP contribution >= 0.6 is 11.6 Å².